The van der Waals surface area contributed by atoms with Crippen LogP contribution in [0.3, 0.4) is 0 Å². The van der Waals surface area contributed by atoms with E-state index in [0.717, 1.165) is 24.0 Å². The van der Waals surface area contributed by atoms with Crippen LogP contribution < -0.4 is 5.32 Å². The van der Waals surface area contributed by atoms with Gasteiger partial charge in [0.05, 0.1) is 6.04 Å². The van der Waals surface area contributed by atoms with Gasteiger partial charge in [0.15, 0.2) is 0 Å². The van der Waals surface area contributed by atoms with Crippen molar-refractivity contribution in [3.63, 3.8) is 0 Å². The van der Waals surface area contributed by atoms with Gasteiger partial charge < -0.3 is 15.0 Å². The highest BCUT2D eigenvalue weighted by atomic mass is 16.5. The summed E-state index contributed by atoms with van der Waals surface area (Å²) < 4.78 is 5.12. The Morgan fingerprint density at radius 3 is 2.80 bits per heavy atom. The van der Waals surface area contributed by atoms with E-state index in [0.29, 0.717) is 6.54 Å². The zero-order chi connectivity index (χ0) is 17.5. The minimum Gasteiger partial charge on any atom is -0.445 e. The number of rotatable bonds is 5. The fourth-order valence-electron chi connectivity index (χ4n) is 3.01. The highest BCUT2D eigenvalue weighted by molar-refractivity contribution is 5.82. The molecule has 1 aliphatic rings. The number of likely N-dealkylation sites (tertiary alicyclic amines) is 1. The van der Waals surface area contributed by atoms with Crippen molar-refractivity contribution < 1.29 is 14.3 Å². The Morgan fingerprint density at radius 2 is 2.04 bits per heavy atom. The number of carbonyl (C=O) groups excluding carboxylic acids is 2. The summed E-state index contributed by atoms with van der Waals surface area (Å²) in [5.41, 5.74) is 1.93. The van der Waals surface area contributed by atoms with Gasteiger partial charge in [-0.1, -0.05) is 36.4 Å². The van der Waals surface area contributed by atoms with Crippen LogP contribution in [-0.4, -0.2) is 35.0 Å². The van der Waals surface area contributed by atoms with Gasteiger partial charge in [0.25, 0.3) is 0 Å². The third-order valence-electron chi connectivity index (χ3n) is 4.24. The van der Waals surface area contributed by atoms with Gasteiger partial charge in [-0.3, -0.25) is 9.78 Å². The maximum Gasteiger partial charge on any atom is 0.407 e. The fourth-order valence-corrected chi connectivity index (χ4v) is 3.01. The van der Waals surface area contributed by atoms with Gasteiger partial charge in [-0.25, -0.2) is 4.79 Å². The number of pyridine rings is 1. The first-order valence-electron chi connectivity index (χ1n) is 8.38. The second-order valence-electron chi connectivity index (χ2n) is 5.95. The normalized spacial score (nSPS) is 16.5. The number of benzene rings is 1. The molecule has 6 nitrogen and oxygen atoms in total. The van der Waals surface area contributed by atoms with E-state index in [1.165, 1.54) is 0 Å². The van der Waals surface area contributed by atoms with Crippen molar-refractivity contribution in [1.82, 2.24) is 15.2 Å². The zero-order valence-electron chi connectivity index (χ0n) is 13.9. The molecule has 0 spiro atoms. The van der Waals surface area contributed by atoms with E-state index in [1.54, 1.807) is 17.3 Å². The molecule has 2 aromatic rings. The third kappa shape index (κ3) is 4.56. The highest BCUT2D eigenvalue weighted by Crippen LogP contribution is 2.31. The average molecular weight is 339 g/mol. The van der Waals surface area contributed by atoms with E-state index < -0.39 is 6.09 Å². The number of hydrogen-bond acceptors (Lipinski definition) is 4. The van der Waals surface area contributed by atoms with E-state index in [4.69, 9.17) is 4.74 Å². The summed E-state index contributed by atoms with van der Waals surface area (Å²) in [4.78, 5) is 30.1. The SMILES string of the molecule is O=C(NCC(=O)N1CCC[C@@H]1c1cccnc1)OCc1ccccc1. The van der Waals surface area contributed by atoms with Crippen molar-refractivity contribution in [2.75, 3.05) is 13.1 Å². The molecule has 1 aliphatic heterocycles. The molecule has 0 radical (unpaired) electrons. The molecule has 1 fully saturated rings. The minimum absolute atomic E-state index is 0.0309. The van der Waals surface area contributed by atoms with E-state index >= 15 is 0 Å². The molecule has 1 saturated heterocycles. The van der Waals surface area contributed by atoms with Crippen LogP contribution in [0.5, 0.6) is 0 Å². The average Bonchev–Trinajstić information content (AvgIpc) is 3.16. The molecule has 6 heteroatoms. The number of nitrogens with one attached hydrogen (secondary N) is 1. The Hall–Kier alpha value is -2.89. The van der Waals surface area contributed by atoms with E-state index in [1.807, 2.05) is 42.5 Å². The maximum absolute atomic E-state index is 12.4. The quantitative estimate of drug-likeness (QED) is 0.909. The summed E-state index contributed by atoms with van der Waals surface area (Å²) in [6.07, 6.45) is 4.78. The van der Waals surface area contributed by atoms with Crippen LogP contribution in [0.1, 0.15) is 30.0 Å². The maximum atomic E-state index is 12.4. The predicted molar refractivity (Wildman–Crippen MR) is 92.6 cm³/mol. The molecule has 2 heterocycles. The van der Waals surface area contributed by atoms with Crippen molar-refractivity contribution in [2.24, 2.45) is 0 Å². The monoisotopic (exact) mass is 339 g/mol. The summed E-state index contributed by atoms with van der Waals surface area (Å²) in [5.74, 6) is -0.108. The summed E-state index contributed by atoms with van der Waals surface area (Å²) in [6, 6.07) is 13.3. The van der Waals surface area contributed by atoms with Gasteiger partial charge in [-0.05, 0) is 30.0 Å². The van der Waals surface area contributed by atoms with Crippen molar-refractivity contribution in [3.05, 3.63) is 66.0 Å². The second-order valence-corrected chi connectivity index (χ2v) is 5.95. The van der Waals surface area contributed by atoms with Crippen molar-refractivity contribution in [2.45, 2.75) is 25.5 Å². The van der Waals surface area contributed by atoms with Crippen LogP contribution in [0.2, 0.25) is 0 Å². The summed E-state index contributed by atoms with van der Waals surface area (Å²) in [6.45, 7) is 0.812. The molecular formula is C19H21N3O3. The van der Waals surface area contributed by atoms with Gasteiger partial charge >= 0.3 is 6.09 Å². The van der Waals surface area contributed by atoms with Crippen molar-refractivity contribution in [1.29, 1.82) is 0 Å². The summed E-state index contributed by atoms with van der Waals surface area (Å²) in [7, 11) is 0. The Kier molecular flexibility index (Phi) is 5.61. The number of nitrogens with zero attached hydrogens (tertiary/aromatic N) is 2. The van der Waals surface area contributed by atoms with Crippen molar-refractivity contribution in [3.8, 4) is 0 Å². The topological polar surface area (TPSA) is 71.5 Å². The fraction of sp³-hybridized carbons (Fsp3) is 0.316. The van der Waals surface area contributed by atoms with Crippen LogP contribution in [0.25, 0.3) is 0 Å². The first kappa shape index (κ1) is 17.0. The smallest absolute Gasteiger partial charge is 0.407 e. The number of amides is 2. The Labute approximate surface area is 146 Å². The molecule has 3 rings (SSSR count). The minimum atomic E-state index is -0.589. The van der Waals surface area contributed by atoms with Crippen LogP contribution >= 0.6 is 0 Å². The third-order valence-corrected chi connectivity index (χ3v) is 4.24. The van der Waals surface area contributed by atoms with Gasteiger partial charge in [0, 0.05) is 18.9 Å². The molecular weight excluding hydrogens is 318 g/mol. The molecule has 1 N–H and O–H groups in total. The molecule has 25 heavy (non-hydrogen) atoms. The second kappa shape index (κ2) is 8.28. The molecule has 1 aromatic heterocycles. The molecule has 130 valence electrons. The molecule has 0 saturated carbocycles. The van der Waals surface area contributed by atoms with Crippen LogP contribution in [0.15, 0.2) is 54.9 Å². The molecule has 1 atom stereocenters. The Morgan fingerprint density at radius 1 is 1.20 bits per heavy atom. The van der Waals surface area contributed by atoms with E-state index in [2.05, 4.69) is 10.3 Å². The summed E-state index contributed by atoms with van der Waals surface area (Å²) >= 11 is 0. The zero-order valence-corrected chi connectivity index (χ0v) is 13.9. The highest BCUT2D eigenvalue weighted by Gasteiger charge is 2.30. The Bertz CT molecular complexity index is 706. The molecule has 0 bridgehead atoms. The molecule has 0 aliphatic carbocycles. The lowest BCUT2D eigenvalue weighted by Gasteiger charge is -2.25. The van der Waals surface area contributed by atoms with E-state index in [-0.39, 0.29) is 25.1 Å². The first-order chi connectivity index (χ1) is 12.2. The Balaban J connectivity index is 1.47. The van der Waals surface area contributed by atoms with Gasteiger partial charge in [0.1, 0.15) is 13.2 Å². The van der Waals surface area contributed by atoms with Crippen LogP contribution in [0, 0.1) is 0 Å². The van der Waals surface area contributed by atoms with Crippen molar-refractivity contribution >= 4 is 12.0 Å². The molecule has 2 amide bonds. The van der Waals surface area contributed by atoms with Gasteiger partial charge in [-0.15, -0.1) is 0 Å². The molecule has 0 unspecified atom stereocenters. The number of aromatic nitrogens is 1. The lowest BCUT2D eigenvalue weighted by atomic mass is 10.1. The van der Waals surface area contributed by atoms with Crippen LogP contribution in [0.4, 0.5) is 4.79 Å². The standard InChI is InChI=1S/C19H21N3O3/c23-18(13-21-19(24)25-14-15-6-2-1-3-7-15)22-11-5-9-17(22)16-8-4-10-20-12-16/h1-4,6-8,10,12,17H,5,9,11,13-14H2,(H,21,24)/t17-/m1/s1. The predicted octanol–water partition coefficient (Wildman–Crippen LogP) is 2.67. The largest absolute Gasteiger partial charge is 0.445 e. The van der Waals surface area contributed by atoms with Crippen LogP contribution in [-0.2, 0) is 16.1 Å². The number of ether oxygens (including phenoxy) is 1. The van der Waals surface area contributed by atoms with Gasteiger partial charge in [0.2, 0.25) is 5.91 Å². The molecule has 1 aromatic carbocycles. The first-order valence-corrected chi connectivity index (χ1v) is 8.38. The summed E-state index contributed by atoms with van der Waals surface area (Å²) in [5, 5.41) is 2.53. The number of alkyl carbamates (subject to hydrolysis) is 1. The number of hydrogen-bond donors (Lipinski definition) is 1. The van der Waals surface area contributed by atoms with E-state index in [9.17, 15) is 9.59 Å². The number of carbonyl (C=O) groups is 2. The lowest BCUT2D eigenvalue weighted by Crippen LogP contribution is -2.40. The van der Waals surface area contributed by atoms with Gasteiger partial charge in [-0.2, -0.15) is 0 Å². The lowest BCUT2D eigenvalue weighted by molar-refractivity contribution is -0.131.